The first-order chi connectivity index (χ1) is 10.8. The maximum absolute atomic E-state index is 9.27. The summed E-state index contributed by atoms with van der Waals surface area (Å²) in [4.78, 5) is 9.02. The molecule has 22 heavy (non-hydrogen) atoms. The van der Waals surface area contributed by atoms with Gasteiger partial charge in [0, 0.05) is 43.9 Å². The normalized spacial score (nSPS) is 15.5. The van der Waals surface area contributed by atoms with Crippen LogP contribution >= 0.6 is 11.6 Å². The van der Waals surface area contributed by atoms with Gasteiger partial charge in [-0.1, -0.05) is 17.7 Å². The van der Waals surface area contributed by atoms with Gasteiger partial charge in [-0.15, -0.1) is 0 Å². The van der Waals surface area contributed by atoms with Crippen LogP contribution in [-0.2, 0) is 6.54 Å². The third-order valence-electron chi connectivity index (χ3n) is 3.90. The number of pyridine rings is 1. The summed E-state index contributed by atoms with van der Waals surface area (Å²) in [5.74, 6) is 0. The van der Waals surface area contributed by atoms with Crippen molar-refractivity contribution in [2.75, 3.05) is 31.1 Å². The van der Waals surface area contributed by atoms with E-state index < -0.39 is 0 Å². The summed E-state index contributed by atoms with van der Waals surface area (Å²) in [5.41, 5.74) is 2.72. The van der Waals surface area contributed by atoms with Crippen LogP contribution < -0.4 is 4.90 Å². The van der Waals surface area contributed by atoms with E-state index in [1.165, 1.54) is 0 Å². The van der Waals surface area contributed by atoms with E-state index in [-0.39, 0.29) is 0 Å². The number of nitrogens with zero attached hydrogens (tertiary/aromatic N) is 4. The summed E-state index contributed by atoms with van der Waals surface area (Å²) >= 11 is 5.96. The summed E-state index contributed by atoms with van der Waals surface area (Å²) in [6, 6.07) is 13.8. The van der Waals surface area contributed by atoms with E-state index in [2.05, 4.69) is 26.9 Å². The lowest BCUT2D eigenvalue weighted by molar-refractivity contribution is 0.247. The van der Waals surface area contributed by atoms with Crippen molar-refractivity contribution in [3.63, 3.8) is 0 Å². The number of halogens is 1. The molecule has 1 aliphatic heterocycles. The SMILES string of the molecule is N#Cc1cc(Cl)ccc1N1CCN(Cc2ccccn2)CC1. The maximum Gasteiger partial charge on any atom is 0.101 e. The molecule has 3 rings (SSSR count). The first-order valence-corrected chi connectivity index (χ1v) is 7.71. The third-order valence-corrected chi connectivity index (χ3v) is 4.14. The first kappa shape index (κ1) is 14.8. The number of rotatable bonds is 3. The Morgan fingerprint density at radius 3 is 2.64 bits per heavy atom. The predicted octanol–water partition coefficient (Wildman–Crippen LogP) is 2.93. The van der Waals surface area contributed by atoms with Gasteiger partial charge in [0.05, 0.1) is 16.9 Å². The highest BCUT2D eigenvalue weighted by Crippen LogP contribution is 2.25. The molecule has 2 heterocycles. The zero-order valence-electron chi connectivity index (χ0n) is 12.2. The molecule has 1 aromatic heterocycles. The van der Waals surface area contributed by atoms with E-state index in [1.807, 2.05) is 30.5 Å². The van der Waals surface area contributed by atoms with Crippen molar-refractivity contribution in [2.45, 2.75) is 6.54 Å². The topological polar surface area (TPSA) is 43.2 Å². The van der Waals surface area contributed by atoms with E-state index in [0.717, 1.165) is 44.1 Å². The van der Waals surface area contributed by atoms with Crippen LogP contribution in [0.4, 0.5) is 5.69 Å². The highest BCUT2D eigenvalue weighted by Gasteiger charge is 2.19. The van der Waals surface area contributed by atoms with Gasteiger partial charge in [0.1, 0.15) is 6.07 Å². The van der Waals surface area contributed by atoms with Crippen molar-refractivity contribution in [3.05, 3.63) is 58.9 Å². The highest BCUT2D eigenvalue weighted by atomic mass is 35.5. The van der Waals surface area contributed by atoms with Crippen molar-refractivity contribution < 1.29 is 0 Å². The number of aromatic nitrogens is 1. The molecule has 0 N–H and O–H groups in total. The van der Waals surface area contributed by atoms with Crippen LogP contribution in [0.5, 0.6) is 0 Å². The molecule has 0 amide bonds. The zero-order valence-corrected chi connectivity index (χ0v) is 13.0. The number of piperazine rings is 1. The summed E-state index contributed by atoms with van der Waals surface area (Å²) in [5, 5.41) is 9.87. The largest absolute Gasteiger partial charge is 0.368 e. The minimum Gasteiger partial charge on any atom is -0.368 e. The second kappa shape index (κ2) is 6.78. The monoisotopic (exact) mass is 312 g/mol. The van der Waals surface area contributed by atoms with Crippen LogP contribution in [0.2, 0.25) is 5.02 Å². The Kier molecular flexibility index (Phi) is 4.57. The zero-order chi connectivity index (χ0) is 15.4. The minimum atomic E-state index is 0.606. The van der Waals surface area contributed by atoms with Gasteiger partial charge < -0.3 is 4.90 Å². The van der Waals surface area contributed by atoms with E-state index in [0.29, 0.717) is 10.6 Å². The van der Waals surface area contributed by atoms with Crippen LogP contribution in [0.1, 0.15) is 11.3 Å². The van der Waals surface area contributed by atoms with E-state index in [4.69, 9.17) is 11.6 Å². The molecule has 0 unspecified atom stereocenters. The molecule has 1 aromatic carbocycles. The van der Waals surface area contributed by atoms with Gasteiger partial charge in [-0.05, 0) is 30.3 Å². The van der Waals surface area contributed by atoms with Gasteiger partial charge in [-0.2, -0.15) is 5.26 Å². The number of anilines is 1. The fourth-order valence-electron chi connectivity index (χ4n) is 2.74. The molecule has 0 radical (unpaired) electrons. The standard InChI is InChI=1S/C17H17ClN4/c18-15-4-5-17(14(11-15)12-19)22-9-7-21(8-10-22)13-16-3-1-2-6-20-16/h1-6,11H,7-10,13H2. The fourth-order valence-corrected chi connectivity index (χ4v) is 2.91. The summed E-state index contributed by atoms with van der Waals surface area (Å²) in [7, 11) is 0. The number of hydrogen-bond acceptors (Lipinski definition) is 4. The molecule has 0 atom stereocenters. The van der Waals surface area contributed by atoms with Crippen molar-refractivity contribution in [3.8, 4) is 6.07 Å². The number of benzene rings is 1. The molecular weight excluding hydrogens is 296 g/mol. The Morgan fingerprint density at radius 2 is 1.95 bits per heavy atom. The fraction of sp³-hybridized carbons (Fsp3) is 0.294. The lowest BCUT2D eigenvalue weighted by atomic mass is 10.1. The van der Waals surface area contributed by atoms with Crippen molar-refractivity contribution in [1.82, 2.24) is 9.88 Å². The second-order valence-electron chi connectivity index (χ2n) is 5.36. The second-order valence-corrected chi connectivity index (χ2v) is 5.79. The maximum atomic E-state index is 9.27. The first-order valence-electron chi connectivity index (χ1n) is 7.33. The van der Waals surface area contributed by atoms with Crippen LogP contribution in [0, 0.1) is 11.3 Å². The lowest BCUT2D eigenvalue weighted by Gasteiger charge is -2.36. The molecule has 0 saturated carbocycles. The van der Waals surface area contributed by atoms with Crippen LogP contribution in [0.15, 0.2) is 42.6 Å². The number of nitriles is 1. The Labute approximate surface area is 135 Å². The summed E-state index contributed by atoms with van der Waals surface area (Å²) in [6.45, 7) is 4.61. The molecule has 1 aliphatic rings. The van der Waals surface area contributed by atoms with Crippen molar-refractivity contribution in [2.24, 2.45) is 0 Å². The van der Waals surface area contributed by atoms with Gasteiger partial charge in [0.2, 0.25) is 0 Å². The Morgan fingerprint density at radius 1 is 1.14 bits per heavy atom. The van der Waals surface area contributed by atoms with Gasteiger partial charge in [-0.25, -0.2) is 0 Å². The molecule has 4 nitrogen and oxygen atoms in total. The molecule has 1 saturated heterocycles. The molecule has 112 valence electrons. The molecule has 0 aliphatic carbocycles. The van der Waals surface area contributed by atoms with Gasteiger partial charge in [0.25, 0.3) is 0 Å². The highest BCUT2D eigenvalue weighted by molar-refractivity contribution is 6.30. The van der Waals surface area contributed by atoms with Crippen molar-refractivity contribution >= 4 is 17.3 Å². The van der Waals surface area contributed by atoms with Crippen LogP contribution in [-0.4, -0.2) is 36.1 Å². The Hall–Kier alpha value is -2.09. The van der Waals surface area contributed by atoms with Gasteiger partial charge >= 0.3 is 0 Å². The van der Waals surface area contributed by atoms with Gasteiger partial charge in [0.15, 0.2) is 0 Å². The molecule has 2 aromatic rings. The van der Waals surface area contributed by atoms with Gasteiger partial charge in [-0.3, -0.25) is 9.88 Å². The Bertz CT molecular complexity index is 673. The number of hydrogen-bond donors (Lipinski definition) is 0. The third kappa shape index (κ3) is 3.38. The van der Waals surface area contributed by atoms with E-state index in [1.54, 1.807) is 6.07 Å². The molecular formula is C17H17ClN4. The van der Waals surface area contributed by atoms with Crippen LogP contribution in [0.3, 0.4) is 0 Å². The molecule has 5 heteroatoms. The summed E-state index contributed by atoms with van der Waals surface area (Å²) in [6.07, 6.45) is 1.83. The smallest absolute Gasteiger partial charge is 0.101 e. The molecule has 1 fully saturated rings. The molecule has 0 spiro atoms. The van der Waals surface area contributed by atoms with Crippen LogP contribution in [0.25, 0.3) is 0 Å². The van der Waals surface area contributed by atoms with Crippen molar-refractivity contribution in [1.29, 1.82) is 5.26 Å². The minimum absolute atomic E-state index is 0.606. The lowest BCUT2D eigenvalue weighted by Crippen LogP contribution is -2.46. The van der Waals surface area contributed by atoms with E-state index in [9.17, 15) is 5.26 Å². The Balaban J connectivity index is 1.64. The average molecular weight is 313 g/mol. The average Bonchev–Trinajstić information content (AvgIpc) is 2.56. The predicted molar refractivity (Wildman–Crippen MR) is 87.9 cm³/mol. The molecule has 0 bridgehead atoms. The quantitative estimate of drug-likeness (QED) is 0.874. The summed E-state index contributed by atoms with van der Waals surface area (Å²) < 4.78 is 0. The van der Waals surface area contributed by atoms with E-state index >= 15 is 0 Å².